The van der Waals surface area contributed by atoms with E-state index in [-0.39, 0.29) is 22.8 Å². The zero-order valence-corrected chi connectivity index (χ0v) is 16.9. The number of anilines is 1. The molecule has 1 aliphatic rings. The van der Waals surface area contributed by atoms with E-state index >= 15 is 0 Å². The molecule has 7 heteroatoms. The molecule has 3 rings (SSSR count). The molecule has 1 N–H and O–H groups in total. The SMILES string of the molecule is Cc1ccc(NC(=O)C2CSc3nc(C(C)(C)C)cc(=O)n3C2)cc1Cl. The van der Waals surface area contributed by atoms with Crippen LogP contribution in [0.25, 0.3) is 0 Å². The van der Waals surface area contributed by atoms with Crippen LogP contribution in [0, 0.1) is 12.8 Å². The molecule has 1 aromatic heterocycles. The first-order valence-corrected chi connectivity index (χ1v) is 9.83. The van der Waals surface area contributed by atoms with E-state index < -0.39 is 0 Å². The average molecular weight is 392 g/mol. The van der Waals surface area contributed by atoms with Gasteiger partial charge in [-0.15, -0.1) is 0 Å². The van der Waals surface area contributed by atoms with Gasteiger partial charge >= 0.3 is 0 Å². The molecule has 0 bridgehead atoms. The first kappa shape index (κ1) is 19.0. The van der Waals surface area contributed by atoms with Gasteiger partial charge in [0.1, 0.15) is 0 Å². The number of amides is 1. The summed E-state index contributed by atoms with van der Waals surface area (Å²) >= 11 is 7.56. The summed E-state index contributed by atoms with van der Waals surface area (Å²) in [5.41, 5.74) is 2.10. The van der Waals surface area contributed by atoms with Crippen LogP contribution in [0.2, 0.25) is 5.02 Å². The summed E-state index contributed by atoms with van der Waals surface area (Å²) in [6, 6.07) is 7.00. The van der Waals surface area contributed by atoms with E-state index in [2.05, 4.69) is 10.3 Å². The van der Waals surface area contributed by atoms with Gasteiger partial charge in [0.15, 0.2) is 5.16 Å². The maximum Gasteiger partial charge on any atom is 0.254 e. The highest BCUT2D eigenvalue weighted by Gasteiger charge is 2.28. The molecular formula is C19H22ClN3O2S. The summed E-state index contributed by atoms with van der Waals surface area (Å²) < 4.78 is 1.59. The summed E-state index contributed by atoms with van der Waals surface area (Å²) in [4.78, 5) is 29.7. The summed E-state index contributed by atoms with van der Waals surface area (Å²) in [6.45, 7) is 8.34. The number of benzene rings is 1. The topological polar surface area (TPSA) is 64.0 Å². The number of rotatable bonds is 2. The standard InChI is InChI=1S/C19H22ClN3O2S/c1-11-5-6-13(7-14(11)20)21-17(25)12-9-23-16(24)8-15(19(2,3)4)22-18(23)26-10-12/h5-8,12H,9-10H2,1-4H3,(H,21,25). The van der Waals surface area contributed by atoms with Crippen LogP contribution in [0.4, 0.5) is 5.69 Å². The van der Waals surface area contributed by atoms with Gasteiger partial charge in [-0.25, -0.2) is 4.98 Å². The number of carbonyl (C=O) groups excluding carboxylic acids is 1. The largest absolute Gasteiger partial charge is 0.326 e. The van der Waals surface area contributed by atoms with E-state index in [1.54, 1.807) is 16.7 Å². The predicted molar refractivity (Wildman–Crippen MR) is 106 cm³/mol. The lowest BCUT2D eigenvalue weighted by atomic mass is 9.92. The molecule has 26 heavy (non-hydrogen) atoms. The smallest absolute Gasteiger partial charge is 0.254 e. The molecule has 0 radical (unpaired) electrons. The van der Waals surface area contributed by atoms with Gasteiger partial charge in [-0.2, -0.15) is 0 Å². The average Bonchev–Trinajstić information content (AvgIpc) is 2.57. The molecule has 0 spiro atoms. The number of thioether (sulfide) groups is 1. The number of hydrogen-bond acceptors (Lipinski definition) is 4. The fourth-order valence-corrected chi connectivity index (χ4v) is 3.94. The molecule has 1 atom stereocenters. The number of halogens is 1. The maximum absolute atomic E-state index is 12.6. The summed E-state index contributed by atoms with van der Waals surface area (Å²) in [5, 5.41) is 4.19. The molecule has 0 aliphatic carbocycles. The van der Waals surface area contributed by atoms with Gasteiger partial charge in [-0.3, -0.25) is 14.2 Å². The van der Waals surface area contributed by atoms with Gasteiger partial charge < -0.3 is 5.32 Å². The predicted octanol–water partition coefficient (Wildman–Crippen LogP) is 3.86. The highest BCUT2D eigenvalue weighted by atomic mass is 35.5. The monoisotopic (exact) mass is 391 g/mol. The molecule has 0 saturated carbocycles. The van der Waals surface area contributed by atoms with Crippen LogP contribution in [0.1, 0.15) is 32.0 Å². The third-order valence-corrected chi connectivity index (χ3v) is 5.91. The number of aromatic nitrogens is 2. The van der Waals surface area contributed by atoms with Crippen LogP contribution in [-0.2, 0) is 16.8 Å². The molecule has 0 fully saturated rings. The second-order valence-electron chi connectivity index (χ2n) is 7.58. The third kappa shape index (κ3) is 3.96. The van der Waals surface area contributed by atoms with Crippen molar-refractivity contribution in [3.8, 4) is 0 Å². The van der Waals surface area contributed by atoms with Crippen molar-refractivity contribution >= 4 is 35.0 Å². The molecule has 5 nitrogen and oxygen atoms in total. The van der Waals surface area contributed by atoms with Crippen LogP contribution in [0.15, 0.2) is 34.2 Å². The molecule has 138 valence electrons. The van der Waals surface area contributed by atoms with Crippen molar-refractivity contribution in [1.82, 2.24) is 9.55 Å². The number of nitrogens with one attached hydrogen (secondary N) is 1. The summed E-state index contributed by atoms with van der Waals surface area (Å²) in [5.74, 6) is 0.174. The quantitative estimate of drug-likeness (QED) is 0.789. The lowest BCUT2D eigenvalue weighted by Gasteiger charge is -2.26. The Kier molecular flexibility index (Phi) is 5.17. The van der Waals surface area contributed by atoms with Crippen LogP contribution in [-0.4, -0.2) is 21.2 Å². The lowest BCUT2D eigenvalue weighted by Crippen LogP contribution is -2.37. The minimum atomic E-state index is -0.299. The van der Waals surface area contributed by atoms with E-state index in [4.69, 9.17) is 11.6 Å². The zero-order chi connectivity index (χ0) is 19.1. The molecular weight excluding hydrogens is 370 g/mol. The Labute approximate surface area is 162 Å². The fraction of sp³-hybridized carbons (Fsp3) is 0.421. The van der Waals surface area contributed by atoms with E-state index in [1.165, 1.54) is 11.8 Å². The number of nitrogens with zero attached hydrogens (tertiary/aromatic N) is 2. The Morgan fingerprint density at radius 1 is 1.35 bits per heavy atom. The number of fused-ring (bicyclic) bond motifs is 1. The van der Waals surface area contributed by atoms with Crippen LogP contribution in [0.5, 0.6) is 0 Å². The molecule has 1 amide bonds. The van der Waals surface area contributed by atoms with E-state index in [0.717, 1.165) is 11.3 Å². The highest BCUT2D eigenvalue weighted by Crippen LogP contribution is 2.29. The van der Waals surface area contributed by atoms with Crippen LogP contribution >= 0.6 is 23.4 Å². The van der Waals surface area contributed by atoms with Gasteiger partial charge in [0, 0.05) is 34.5 Å². The third-order valence-electron chi connectivity index (χ3n) is 4.37. The molecule has 0 saturated heterocycles. The minimum absolute atomic E-state index is 0.108. The van der Waals surface area contributed by atoms with Gasteiger partial charge in [0.2, 0.25) is 5.91 Å². The van der Waals surface area contributed by atoms with Crippen molar-refractivity contribution in [3.05, 3.63) is 50.9 Å². The molecule has 2 heterocycles. The van der Waals surface area contributed by atoms with E-state index in [1.807, 2.05) is 39.8 Å². The first-order valence-electron chi connectivity index (χ1n) is 8.47. The van der Waals surface area contributed by atoms with Gasteiger partial charge in [0.05, 0.1) is 11.6 Å². The van der Waals surface area contributed by atoms with Crippen molar-refractivity contribution in [3.63, 3.8) is 0 Å². The van der Waals surface area contributed by atoms with Crippen molar-refractivity contribution in [2.45, 2.75) is 44.8 Å². The molecule has 1 aliphatic heterocycles. The second kappa shape index (κ2) is 7.08. The van der Waals surface area contributed by atoms with E-state index in [0.29, 0.717) is 28.2 Å². The maximum atomic E-state index is 12.6. The molecule has 1 unspecified atom stereocenters. The number of aryl methyl sites for hydroxylation is 1. The number of carbonyl (C=O) groups is 1. The molecule has 2 aromatic rings. The van der Waals surface area contributed by atoms with Crippen molar-refractivity contribution < 1.29 is 4.79 Å². The summed E-state index contributed by atoms with van der Waals surface area (Å²) in [6.07, 6.45) is 0. The zero-order valence-electron chi connectivity index (χ0n) is 15.3. The minimum Gasteiger partial charge on any atom is -0.326 e. The first-order chi connectivity index (χ1) is 12.1. The van der Waals surface area contributed by atoms with Crippen molar-refractivity contribution in [1.29, 1.82) is 0 Å². The lowest BCUT2D eigenvalue weighted by molar-refractivity contribution is -0.119. The van der Waals surface area contributed by atoms with Crippen LogP contribution in [0.3, 0.4) is 0 Å². The van der Waals surface area contributed by atoms with Gasteiger partial charge in [-0.1, -0.05) is 50.2 Å². The summed E-state index contributed by atoms with van der Waals surface area (Å²) in [7, 11) is 0. The Hall–Kier alpha value is -1.79. The van der Waals surface area contributed by atoms with Crippen molar-refractivity contribution in [2.75, 3.05) is 11.1 Å². The van der Waals surface area contributed by atoms with Gasteiger partial charge in [-0.05, 0) is 24.6 Å². The van der Waals surface area contributed by atoms with Crippen molar-refractivity contribution in [2.24, 2.45) is 5.92 Å². The normalized spacial score (nSPS) is 16.9. The Bertz CT molecular complexity index is 918. The Morgan fingerprint density at radius 2 is 2.08 bits per heavy atom. The number of hydrogen-bond donors (Lipinski definition) is 1. The Balaban J connectivity index is 1.78. The highest BCUT2D eigenvalue weighted by molar-refractivity contribution is 7.99. The van der Waals surface area contributed by atoms with E-state index in [9.17, 15) is 9.59 Å². The van der Waals surface area contributed by atoms with Crippen LogP contribution < -0.4 is 10.9 Å². The fourth-order valence-electron chi connectivity index (χ4n) is 2.67. The Morgan fingerprint density at radius 3 is 2.73 bits per heavy atom. The molecule has 1 aromatic carbocycles. The second-order valence-corrected chi connectivity index (χ2v) is 8.98. The van der Waals surface area contributed by atoms with Gasteiger partial charge in [0.25, 0.3) is 5.56 Å².